The van der Waals surface area contributed by atoms with Crippen molar-refractivity contribution in [3.63, 3.8) is 0 Å². The van der Waals surface area contributed by atoms with Gasteiger partial charge in [0.25, 0.3) is 0 Å². The average molecular weight is 271 g/mol. The maximum atomic E-state index is 8.76. The standard InChI is InChI=1S/C15H17N3S/c16-8-11-4-6-12(7-5-11)9-17-15-18-14-3-1-2-13(14)10-19-15/h4-7,13-14H,1-3,9-10H2,(H,17,18). The van der Waals surface area contributed by atoms with Crippen molar-refractivity contribution in [2.45, 2.75) is 31.8 Å². The van der Waals surface area contributed by atoms with Gasteiger partial charge >= 0.3 is 0 Å². The second-order valence-corrected chi connectivity index (χ2v) is 6.19. The zero-order valence-corrected chi connectivity index (χ0v) is 11.6. The molecule has 0 amide bonds. The number of thioether (sulfide) groups is 1. The fourth-order valence-electron chi connectivity index (χ4n) is 2.75. The second kappa shape index (κ2) is 5.66. The van der Waals surface area contributed by atoms with E-state index in [1.165, 1.54) is 25.0 Å². The van der Waals surface area contributed by atoms with Crippen molar-refractivity contribution in [2.75, 3.05) is 5.75 Å². The van der Waals surface area contributed by atoms with Gasteiger partial charge in [0, 0.05) is 11.8 Å². The largest absolute Gasteiger partial charge is 0.362 e. The first-order chi connectivity index (χ1) is 9.35. The van der Waals surface area contributed by atoms with Gasteiger partial charge in [-0.15, -0.1) is 0 Å². The molecule has 3 rings (SSSR count). The molecule has 1 heterocycles. The third kappa shape index (κ3) is 2.93. The maximum absolute atomic E-state index is 8.76. The maximum Gasteiger partial charge on any atom is 0.157 e. The van der Waals surface area contributed by atoms with Gasteiger partial charge in [-0.2, -0.15) is 5.26 Å². The van der Waals surface area contributed by atoms with E-state index in [0.29, 0.717) is 18.2 Å². The molecule has 1 aromatic carbocycles. The van der Waals surface area contributed by atoms with Crippen LogP contribution in [0.3, 0.4) is 0 Å². The Bertz CT molecular complexity index is 515. The second-order valence-electron chi connectivity index (χ2n) is 5.18. The summed E-state index contributed by atoms with van der Waals surface area (Å²) in [6, 6.07) is 10.4. The van der Waals surface area contributed by atoms with Gasteiger partial charge in [-0.3, -0.25) is 4.99 Å². The van der Waals surface area contributed by atoms with Crippen LogP contribution >= 0.6 is 11.8 Å². The van der Waals surface area contributed by atoms with Crippen LogP contribution in [0, 0.1) is 17.2 Å². The zero-order chi connectivity index (χ0) is 13.1. The minimum atomic E-state index is 0.654. The molecule has 0 spiro atoms. The van der Waals surface area contributed by atoms with Crippen molar-refractivity contribution in [1.29, 1.82) is 5.26 Å². The molecule has 0 aromatic heterocycles. The van der Waals surface area contributed by atoms with E-state index in [4.69, 9.17) is 5.26 Å². The molecule has 1 saturated heterocycles. The smallest absolute Gasteiger partial charge is 0.157 e. The molecule has 2 aliphatic rings. The van der Waals surface area contributed by atoms with Crippen LogP contribution in [0.4, 0.5) is 0 Å². The lowest BCUT2D eigenvalue weighted by Gasteiger charge is -2.28. The molecule has 4 heteroatoms. The normalized spacial score (nSPS) is 27.6. The van der Waals surface area contributed by atoms with Gasteiger partial charge in [0.15, 0.2) is 5.17 Å². The highest BCUT2D eigenvalue weighted by Crippen LogP contribution is 2.32. The molecule has 1 aromatic rings. The Balaban J connectivity index is 1.61. The molecule has 1 saturated carbocycles. The Morgan fingerprint density at radius 1 is 1.32 bits per heavy atom. The fourth-order valence-corrected chi connectivity index (χ4v) is 3.91. The summed E-state index contributed by atoms with van der Waals surface area (Å²) in [6.45, 7) is 0.693. The first-order valence-corrected chi connectivity index (χ1v) is 7.76. The lowest BCUT2D eigenvalue weighted by molar-refractivity contribution is 0.489. The van der Waals surface area contributed by atoms with Gasteiger partial charge in [-0.25, -0.2) is 0 Å². The summed E-state index contributed by atoms with van der Waals surface area (Å²) in [5, 5.41) is 13.4. The minimum Gasteiger partial charge on any atom is -0.362 e. The molecule has 1 aliphatic heterocycles. The molecule has 98 valence electrons. The monoisotopic (exact) mass is 271 g/mol. The Hall–Kier alpha value is -1.47. The van der Waals surface area contributed by atoms with Crippen LogP contribution in [0.5, 0.6) is 0 Å². The van der Waals surface area contributed by atoms with Crippen molar-refractivity contribution in [2.24, 2.45) is 10.9 Å². The summed E-state index contributed by atoms with van der Waals surface area (Å²) in [5.74, 6) is 2.06. The number of nitriles is 1. The number of benzene rings is 1. The van der Waals surface area contributed by atoms with Gasteiger partial charge in [-0.05, 0) is 36.5 Å². The van der Waals surface area contributed by atoms with Gasteiger partial charge in [-0.1, -0.05) is 30.3 Å². The number of nitrogens with one attached hydrogen (secondary N) is 1. The highest BCUT2D eigenvalue weighted by atomic mass is 32.2. The van der Waals surface area contributed by atoms with Crippen LogP contribution in [-0.4, -0.2) is 17.0 Å². The van der Waals surface area contributed by atoms with Crippen LogP contribution in [0.25, 0.3) is 0 Å². The van der Waals surface area contributed by atoms with E-state index in [9.17, 15) is 0 Å². The lowest BCUT2D eigenvalue weighted by atomic mass is 10.1. The quantitative estimate of drug-likeness (QED) is 0.899. The van der Waals surface area contributed by atoms with E-state index in [1.54, 1.807) is 0 Å². The van der Waals surface area contributed by atoms with E-state index < -0.39 is 0 Å². The van der Waals surface area contributed by atoms with Gasteiger partial charge in [0.2, 0.25) is 0 Å². The van der Waals surface area contributed by atoms with E-state index in [0.717, 1.165) is 16.6 Å². The summed E-state index contributed by atoms with van der Waals surface area (Å²) in [5.41, 5.74) is 1.86. The Morgan fingerprint density at radius 3 is 2.95 bits per heavy atom. The Labute approximate surface area is 118 Å². The molecular weight excluding hydrogens is 254 g/mol. The fraction of sp³-hybridized carbons (Fsp3) is 0.467. The minimum absolute atomic E-state index is 0.654. The van der Waals surface area contributed by atoms with Crippen LogP contribution in [0.2, 0.25) is 0 Å². The molecule has 1 aliphatic carbocycles. The molecule has 2 fully saturated rings. The summed E-state index contributed by atoms with van der Waals surface area (Å²) in [4.78, 5) is 4.65. The Kier molecular flexibility index (Phi) is 3.74. The predicted molar refractivity (Wildman–Crippen MR) is 79.0 cm³/mol. The van der Waals surface area contributed by atoms with E-state index in [2.05, 4.69) is 16.4 Å². The summed E-state index contributed by atoms with van der Waals surface area (Å²) in [6.07, 6.45) is 4.01. The van der Waals surface area contributed by atoms with Gasteiger partial charge in [0.1, 0.15) is 0 Å². The number of hydrogen-bond donors (Lipinski definition) is 1. The van der Waals surface area contributed by atoms with Crippen molar-refractivity contribution < 1.29 is 0 Å². The highest BCUT2D eigenvalue weighted by Gasteiger charge is 2.31. The predicted octanol–water partition coefficient (Wildman–Crippen LogP) is 2.92. The lowest BCUT2D eigenvalue weighted by Crippen LogP contribution is -2.41. The zero-order valence-electron chi connectivity index (χ0n) is 10.8. The van der Waals surface area contributed by atoms with Crippen molar-refractivity contribution >= 4 is 16.9 Å². The SMILES string of the molecule is N#Cc1ccc(CN=C2NC3CCCC3CS2)cc1. The summed E-state index contributed by atoms with van der Waals surface area (Å²) >= 11 is 1.85. The Morgan fingerprint density at radius 2 is 2.16 bits per heavy atom. The van der Waals surface area contributed by atoms with Crippen LogP contribution < -0.4 is 5.32 Å². The molecule has 3 nitrogen and oxygen atoms in total. The van der Waals surface area contributed by atoms with E-state index in [-0.39, 0.29) is 0 Å². The van der Waals surface area contributed by atoms with Crippen molar-refractivity contribution in [3.05, 3.63) is 35.4 Å². The van der Waals surface area contributed by atoms with Crippen molar-refractivity contribution in [1.82, 2.24) is 5.32 Å². The van der Waals surface area contributed by atoms with Crippen LogP contribution in [-0.2, 0) is 6.54 Å². The first-order valence-electron chi connectivity index (χ1n) is 6.78. The van der Waals surface area contributed by atoms with E-state index in [1.807, 2.05) is 36.0 Å². The molecule has 0 radical (unpaired) electrons. The highest BCUT2D eigenvalue weighted by molar-refractivity contribution is 8.13. The van der Waals surface area contributed by atoms with Gasteiger partial charge in [0.05, 0.1) is 18.2 Å². The van der Waals surface area contributed by atoms with Crippen LogP contribution in [0.1, 0.15) is 30.4 Å². The number of rotatable bonds is 2. The molecule has 19 heavy (non-hydrogen) atoms. The molecule has 2 unspecified atom stereocenters. The molecular formula is C15H17N3S. The molecule has 1 N–H and O–H groups in total. The topological polar surface area (TPSA) is 48.2 Å². The van der Waals surface area contributed by atoms with Crippen LogP contribution in [0.15, 0.2) is 29.3 Å². The number of aliphatic imine (C=N–C) groups is 1. The van der Waals surface area contributed by atoms with Crippen molar-refractivity contribution in [3.8, 4) is 6.07 Å². The summed E-state index contributed by atoms with van der Waals surface area (Å²) in [7, 11) is 0. The average Bonchev–Trinajstić information content (AvgIpc) is 2.93. The molecule has 2 atom stereocenters. The number of fused-ring (bicyclic) bond motifs is 1. The third-order valence-corrected chi connectivity index (χ3v) is 5.01. The number of nitrogens with zero attached hydrogens (tertiary/aromatic N) is 2. The van der Waals surface area contributed by atoms with Gasteiger partial charge < -0.3 is 5.32 Å². The third-order valence-electron chi connectivity index (χ3n) is 3.89. The van der Waals surface area contributed by atoms with E-state index >= 15 is 0 Å². The number of hydrogen-bond acceptors (Lipinski definition) is 3. The summed E-state index contributed by atoms with van der Waals surface area (Å²) < 4.78 is 0. The molecule has 0 bridgehead atoms. The number of amidine groups is 1. The first kappa shape index (κ1) is 12.6.